The van der Waals surface area contributed by atoms with Crippen LogP contribution in [0.15, 0.2) is 42.6 Å². The fourth-order valence-electron chi connectivity index (χ4n) is 1.77. The molecule has 0 unspecified atom stereocenters. The van der Waals surface area contributed by atoms with Crippen molar-refractivity contribution >= 4 is 11.5 Å². The van der Waals surface area contributed by atoms with Crippen LogP contribution in [0.25, 0.3) is 0 Å². The molecule has 1 N–H and O–H groups in total. The van der Waals surface area contributed by atoms with Gasteiger partial charge in [-0.1, -0.05) is 32.9 Å². The van der Waals surface area contributed by atoms with E-state index < -0.39 is 0 Å². The van der Waals surface area contributed by atoms with Gasteiger partial charge in [-0.3, -0.25) is 0 Å². The number of hydrogen-bond acceptors (Lipinski definition) is 3. The Bertz CT molecular complexity index is 601. The van der Waals surface area contributed by atoms with Gasteiger partial charge in [0.1, 0.15) is 5.82 Å². The zero-order chi connectivity index (χ0) is 13.9. The average molecular weight is 251 g/mol. The van der Waals surface area contributed by atoms with Gasteiger partial charge in [0.15, 0.2) is 0 Å². The first-order valence-electron chi connectivity index (χ1n) is 6.23. The second-order valence-corrected chi connectivity index (χ2v) is 5.49. The third-order valence-corrected chi connectivity index (χ3v) is 2.91. The Morgan fingerprint density at radius 3 is 2.37 bits per heavy atom. The minimum absolute atomic E-state index is 0.150. The summed E-state index contributed by atoms with van der Waals surface area (Å²) < 4.78 is 0. The third kappa shape index (κ3) is 3.32. The Morgan fingerprint density at radius 1 is 1.11 bits per heavy atom. The van der Waals surface area contributed by atoms with E-state index in [0.717, 1.165) is 5.69 Å². The highest BCUT2D eigenvalue weighted by Crippen LogP contribution is 2.24. The van der Waals surface area contributed by atoms with Gasteiger partial charge >= 0.3 is 0 Å². The van der Waals surface area contributed by atoms with E-state index in [1.807, 2.05) is 12.1 Å². The van der Waals surface area contributed by atoms with Crippen LogP contribution in [0, 0.1) is 11.3 Å². The highest BCUT2D eigenvalue weighted by Gasteiger charge is 2.12. The topological polar surface area (TPSA) is 48.7 Å². The van der Waals surface area contributed by atoms with Crippen LogP contribution in [0.2, 0.25) is 0 Å². The smallest absolute Gasteiger partial charge is 0.131 e. The van der Waals surface area contributed by atoms with Crippen molar-refractivity contribution in [2.45, 2.75) is 26.2 Å². The highest BCUT2D eigenvalue weighted by molar-refractivity contribution is 5.58. The second-order valence-electron chi connectivity index (χ2n) is 5.49. The number of hydrogen-bond donors (Lipinski definition) is 1. The monoisotopic (exact) mass is 251 g/mol. The molecule has 0 bridgehead atoms. The lowest BCUT2D eigenvalue weighted by molar-refractivity contribution is 0.590. The van der Waals surface area contributed by atoms with Crippen LogP contribution in [0.4, 0.5) is 11.5 Å². The van der Waals surface area contributed by atoms with Crippen LogP contribution in [0.3, 0.4) is 0 Å². The zero-order valence-corrected chi connectivity index (χ0v) is 11.4. The molecule has 0 aliphatic rings. The summed E-state index contributed by atoms with van der Waals surface area (Å²) >= 11 is 0. The zero-order valence-electron chi connectivity index (χ0n) is 11.4. The molecule has 3 nitrogen and oxygen atoms in total. The van der Waals surface area contributed by atoms with E-state index in [4.69, 9.17) is 5.26 Å². The van der Waals surface area contributed by atoms with Crippen molar-refractivity contribution in [2.75, 3.05) is 5.32 Å². The number of rotatable bonds is 2. The van der Waals surface area contributed by atoms with Gasteiger partial charge in [0.2, 0.25) is 0 Å². The predicted octanol–water partition coefficient (Wildman–Crippen LogP) is 3.99. The van der Waals surface area contributed by atoms with Crippen molar-refractivity contribution < 1.29 is 0 Å². The van der Waals surface area contributed by atoms with Gasteiger partial charge < -0.3 is 5.32 Å². The minimum atomic E-state index is 0.150. The summed E-state index contributed by atoms with van der Waals surface area (Å²) in [6.07, 6.45) is 1.63. The lowest BCUT2D eigenvalue weighted by atomic mass is 9.87. The predicted molar refractivity (Wildman–Crippen MR) is 77.4 cm³/mol. The second kappa shape index (κ2) is 5.11. The Labute approximate surface area is 113 Å². The van der Waals surface area contributed by atoms with Gasteiger partial charge in [0, 0.05) is 11.9 Å². The molecular weight excluding hydrogens is 234 g/mol. The molecule has 1 aromatic carbocycles. The van der Waals surface area contributed by atoms with Crippen LogP contribution in [0.1, 0.15) is 31.9 Å². The SMILES string of the molecule is CC(C)(C)c1ccc(Nc2cc(C#N)ccn2)cc1. The van der Waals surface area contributed by atoms with Crippen molar-refractivity contribution in [1.82, 2.24) is 4.98 Å². The van der Waals surface area contributed by atoms with Gasteiger partial charge in [-0.05, 0) is 35.2 Å². The standard InChI is InChI=1S/C16H17N3/c1-16(2,3)13-4-6-14(7-5-13)19-15-10-12(11-17)8-9-18-15/h4-10H,1-3H3,(H,18,19). The fourth-order valence-corrected chi connectivity index (χ4v) is 1.77. The normalized spacial score (nSPS) is 10.8. The van der Waals surface area contributed by atoms with Crippen LogP contribution >= 0.6 is 0 Å². The number of anilines is 2. The van der Waals surface area contributed by atoms with Crippen molar-refractivity contribution in [3.05, 3.63) is 53.7 Å². The summed E-state index contributed by atoms with van der Waals surface area (Å²) in [5.74, 6) is 0.683. The molecule has 0 fully saturated rings. The molecule has 2 rings (SSSR count). The molecule has 0 saturated carbocycles. The molecular formula is C16H17N3. The van der Waals surface area contributed by atoms with Crippen molar-refractivity contribution in [3.8, 4) is 6.07 Å². The van der Waals surface area contributed by atoms with E-state index >= 15 is 0 Å². The summed E-state index contributed by atoms with van der Waals surface area (Å²) in [6, 6.07) is 13.8. The maximum atomic E-state index is 8.85. The molecule has 2 aromatic rings. The highest BCUT2D eigenvalue weighted by atomic mass is 15.0. The molecule has 0 saturated heterocycles. The van der Waals surface area contributed by atoms with E-state index in [0.29, 0.717) is 11.4 Å². The largest absolute Gasteiger partial charge is 0.340 e. The summed E-state index contributed by atoms with van der Waals surface area (Å²) in [5.41, 5.74) is 3.01. The Hall–Kier alpha value is -2.34. The first kappa shape index (κ1) is 13.1. The van der Waals surface area contributed by atoms with Crippen LogP contribution in [-0.2, 0) is 5.41 Å². The number of nitrogens with one attached hydrogen (secondary N) is 1. The third-order valence-electron chi connectivity index (χ3n) is 2.91. The number of aromatic nitrogens is 1. The average Bonchev–Trinajstić information content (AvgIpc) is 2.38. The van der Waals surface area contributed by atoms with E-state index in [9.17, 15) is 0 Å². The van der Waals surface area contributed by atoms with E-state index in [2.05, 4.69) is 49.3 Å². The molecule has 0 aliphatic heterocycles. The lowest BCUT2D eigenvalue weighted by Crippen LogP contribution is -2.10. The number of benzene rings is 1. The lowest BCUT2D eigenvalue weighted by Gasteiger charge is -2.19. The number of nitrogens with zero attached hydrogens (tertiary/aromatic N) is 2. The Morgan fingerprint density at radius 2 is 1.79 bits per heavy atom. The van der Waals surface area contributed by atoms with Crippen LogP contribution < -0.4 is 5.32 Å². The molecule has 96 valence electrons. The molecule has 0 amide bonds. The van der Waals surface area contributed by atoms with Gasteiger partial charge in [0.25, 0.3) is 0 Å². The Kier molecular flexibility index (Phi) is 3.52. The summed E-state index contributed by atoms with van der Waals surface area (Å²) in [6.45, 7) is 6.56. The first-order valence-corrected chi connectivity index (χ1v) is 6.23. The summed E-state index contributed by atoms with van der Waals surface area (Å²) in [7, 11) is 0. The van der Waals surface area contributed by atoms with E-state index in [1.54, 1.807) is 18.3 Å². The van der Waals surface area contributed by atoms with Crippen LogP contribution in [-0.4, -0.2) is 4.98 Å². The minimum Gasteiger partial charge on any atom is -0.340 e. The maximum absolute atomic E-state index is 8.85. The van der Waals surface area contributed by atoms with Gasteiger partial charge in [0.05, 0.1) is 11.6 Å². The van der Waals surface area contributed by atoms with Crippen LogP contribution in [0.5, 0.6) is 0 Å². The maximum Gasteiger partial charge on any atom is 0.131 e. The molecule has 1 aromatic heterocycles. The Balaban J connectivity index is 2.18. The van der Waals surface area contributed by atoms with Gasteiger partial charge in [-0.25, -0.2) is 4.98 Å². The molecule has 3 heteroatoms. The molecule has 0 aliphatic carbocycles. The fraction of sp³-hybridized carbons (Fsp3) is 0.250. The van der Waals surface area contributed by atoms with Crippen molar-refractivity contribution in [3.63, 3.8) is 0 Å². The first-order chi connectivity index (χ1) is 8.99. The molecule has 0 radical (unpaired) electrons. The summed E-state index contributed by atoms with van der Waals surface area (Å²) in [5, 5.41) is 12.0. The van der Waals surface area contributed by atoms with E-state index in [-0.39, 0.29) is 5.41 Å². The van der Waals surface area contributed by atoms with Crippen molar-refractivity contribution in [1.29, 1.82) is 5.26 Å². The molecule has 0 atom stereocenters. The number of nitriles is 1. The molecule has 19 heavy (non-hydrogen) atoms. The molecule has 0 spiro atoms. The van der Waals surface area contributed by atoms with E-state index in [1.165, 1.54) is 5.56 Å². The van der Waals surface area contributed by atoms with Gasteiger partial charge in [-0.15, -0.1) is 0 Å². The summed E-state index contributed by atoms with van der Waals surface area (Å²) in [4.78, 5) is 4.19. The quantitative estimate of drug-likeness (QED) is 0.877. The number of pyridine rings is 1. The van der Waals surface area contributed by atoms with Crippen molar-refractivity contribution in [2.24, 2.45) is 0 Å². The molecule has 1 heterocycles. The van der Waals surface area contributed by atoms with Gasteiger partial charge in [-0.2, -0.15) is 5.26 Å².